The first kappa shape index (κ1) is 25.6. The number of ether oxygens (including phenoxy) is 3. The lowest BCUT2D eigenvalue weighted by atomic mass is 10.1. The summed E-state index contributed by atoms with van der Waals surface area (Å²) in [5, 5.41) is 12.1. The number of rotatable bonds is 12. The fourth-order valence-corrected chi connectivity index (χ4v) is 3.46. The van der Waals surface area contributed by atoms with Gasteiger partial charge in [0.1, 0.15) is 17.1 Å². The van der Waals surface area contributed by atoms with Crippen molar-refractivity contribution < 1.29 is 28.9 Å². The van der Waals surface area contributed by atoms with E-state index in [1.54, 1.807) is 12.1 Å². The zero-order valence-corrected chi connectivity index (χ0v) is 19.9. The maximum Gasteiger partial charge on any atom is 0.341 e. The van der Waals surface area contributed by atoms with Crippen LogP contribution in [0.1, 0.15) is 60.5 Å². The van der Waals surface area contributed by atoms with Gasteiger partial charge >= 0.3 is 5.97 Å². The second-order valence-electron chi connectivity index (χ2n) is 8.07. The number of carbonyl (C=O) groups excluding carboxylic acids is 2. The maximum absolute atomic E-state index is 12.1. The lowest BCUT2D eigenvalue weighted by molar-refractivity contribution is -0.128. The van der Waals surface area contributed by atoms with Crippen molar-refractivity contribution in [2.75, 3.05) is 19.8 Å². The lowest BCUT2D eigenvalue weighted by Gasteiger charge is -2.08. The van der Waals surface area contributed by atoms with Crippen LogP contribution in [0.2, 0.25) is 0 Å². The van der Waals surface area contributed by atoms with Gasteiger partial charge in [0, 0.05) is 11.1 Å². The van der Waals surface area contributed by atoms with Crippen LogP contribution in [0, 0.1) is 11.8 Å². The minimum Gasteiger partial charge on any atom is -0.507 e. The molecule has 0 aliphatic rings. The number of esters is 1. The van der Waals surface area contributed by atoms with Crippen LogP contribution < -0.4 is 4.74 Å². The quantitative estimate of drug-likeness (QED) is 0.159. The van der Waals surface area contributed by atoms with Gasteiger partial charge in [-0.25, -0.2) is 4.79 Å². The van der Waals surface area contributed by atoms with Crippen LogP contribution in [-0.4, -0.2) is 37.4 Å². The van der Waals surface area contributed by atoms with Gasteiger partial charge in [0.25, 0.3) is 6.47 Å². The summed E-state index contributed by atoms with van der Waals surface area (Å²) < 4.78 is 15.7. The number of phenols is 1. The summed E-state index contributed by atoms with van der Waals surface area (Å²) in [6, 6.07) is 16.6. The van der Waals surface area contributed by atoms with Crippen molar-refractivity contribution >= 4 is 23.2 Å². The lowest BCUT2D eigenvalue weighted by Crippen LogP contribution is -2.06. The van der Waals surface area contributed by atoms with Crippen molar-refractivity contribution in [3.05, 3.63) is 71.3 Å². The molecule has 0 saturated carbocycles. The predicted octanol–water partition coefficient (Wildman–Crippen LogP) is 5.62. The Morgan fingerprint density at radius 1 is 0.857 bits per heavy atom. The standard InChI is InChI=1S/C29H30O6/c1-2-15-35-29(32)27-19-23(10-14-28(27)31)8-7-22-9-11-25-20-26(13-12-24(25)18-22)34-17-6-4-3-5-16-33-21-30/h9-14,18-21,31H,2-6,15-17H2,1H3. The van der Waals surface area contributed by atoms with Crippen LogP contribution in [0.15, 0.2) is 54.6 Å². The first-order valence-electron chi connectivity index (χ1n) is 11.8. The monoisotopic (exact) mass is 474 g/mol. The Morgan fingerprint density at radius 2 is 1.54 bits per heavy atom. The van der Waals surface area contributed by atoms with Crippen LogP contribution >= 0.6 is 0 Å². The molecule has 0 aliphatic heterocycles. The predicted molar refractivity (Wildman–Crippen MR) is 135 cm³/mol. The molecule has 35 heavy (non-hydrogen) atoms. The van der Waals surface area contributed by atoms with E-state index in [1.165, 1.54) is 6.07 Å². The number of fused-ring (bicyclic) bond motifs is 1. The van der Waals surface area contributed by atoms with Gasteiger partial charge < -0.3 is 19.3 Å². The average Bonchev–Trinajstić information content (AvgIpc) is 2.88. The topological polar surface area (TPSA) is 82.1 Å². The Balaban J connectivity index is 1.59. The smallest absolute Gasteiger partial charge is 0.341 e. The van der Waals surface area contributed by atoms with Crippen molar-refractivity contribution in [2.45, 2.75) is 39.0 Å². The summed E-state index contributed by atoms with van der Waals surface area (Å²) in [6.45, 7) is 3.82. The first-order valence-corrected chi connectivity index (χ1v) is 11.8. The molecule has 0 bridgehead atoms. The molecule has 6 nitrogen and oxygen atoms in total. The molecule has 0 amide bonds. The Bertz CT molecular complexity index is 1200. The third-order valence-corrected chi connectivity index (χ3v) is 5.31. The number of hydrogen-bond donors (Lipinski definition) is 1. The van der Waals surface area contributed by atoms with E-state index in [9.17, 15) is 14.7 Å². The highest BCUT2D eigenvalue weighted by atomic mass is 16.5. The van der Waals surface area contributed by atoms with Crippen molar-refractivity contribution in [3.63, 3.8) is 0 Å². The SMILES string of the molecule is CCCOC(=O)c1cc(C#Cc2ccc3cc(OCCCCCCOC=O)ccc3c2)ccc1O. The van der Waals surface area contributed by atoms with Crippen LogP contribution in [0.5, 0.6) is 11.5 Å². The van der Waals surface area contributed by atoms with E-state index in [0.29, 0.717) is 38.3 Å². The van der Waals surface area contributed by atoms with Gasteiger partial charge in [0.15, 0.2) is 0 Å². The van der Waals surface area contributed by atoms with Crippen LogP contribution in [0.3, 0.4) is 0 Å². The first-order chi connectivity index (χ1) is 17.1. The largest absolute Gasteiger partial charge is 0.507 e. The van der Waals surface area contributed by atoms with Crippen molar-refractivity contribution in [3.8, 4) is 23.3 Å². The molecule has 0 aromatic heterocycles. The molecule has 0 atom stereocenters. The highest BCUT2D eigenvalue weighted by Crippen LogP contribution is 2.23. The van der Waals surface area contributed by atoms with E-state index in [1.807, 2.05) is 43.3 Å². The second-order valence-corrected chi connectivity index (χ2v) is 8.07. The van der Waals surface area contributed by atoms with Crippen molar-refractivity contribution in [1.82, 2.24) is 0 Å². The summed E-state index contributed by atoms with van der Waals surface area (Å²) in [7, 11) is 0. The third-order valence-electron chi connectivity index (χ3n) is 5.31. The summed E-state index contributed by atoms with van der Waals surface area (Å²) in [5.74, 6) is 6.32. The average molecular weight is 475 g/mol. The highest BCUT2D eigenvalue weighted by molar-refractivity contribution is 5.93. The van der Waals surface area contributed by atoms with Gasteiger partial charge in [-0.3, -0.25) is 4.79 Å². The molecule has 3 aromatic carbocycles. The molecule has 3 aromatic rings. The Morgan fingerprint density at radius 3 is 2.31 bits per heavy atom. The summed E-state index contributed by atoms with van der Waals surface area (Å²) >= 11 is 0. The molecule has 0 radical (unpaired) electrons. The minimum absolute atomic E-state index is 0.114. The molecule has 0 fully saturated rings. The van der Waals surface area contributed by atoms with Crippen molar-refractivity contribution in [2.24, 2.45) is 0 Å². The molecule has 0 heterocycles. The van der Waals surface area contributed by atoms with E-state index in [-0.39, 0.29) is 11.3 Å². The molecule has 0 unspecified atom stereocenters. The molecule has 3 rings (SSSR count). The van der Waals surface area contributed by atoms with E-state index >= 15 is 0 Å². The van der Waals surface area contributed by atoms with E-state index < -0.39 is 5.97 Å². The molecule has 0 spiro atoms. The van der Waals surface area contributed by atoms with Gasteiger partial charge in [-0.1, -0.05) is 30.9 Å². The molecular formula is C29H30O6. The van der Waals surface area contributed by atoms with E-state index in [2.05, 4.69) is 16.6 Å². The van der Waals surface area contributed by atoms with Crippen LogP contribution in [0.4, 0.5) is 0 Å². The van der Waals surface area contributed by atoms with Crippen LogP contribution in [0.25, 0.3) is 10.8 Å². The zero-order chi connectivity index (χ0) is 24.9. The maximum atomic E-state index is 12.1. The fourth-order valence-electron chi connectivity index (χ4n) is 3.46. The molecule has 0 saturated heterocycles. The van der Waals surface area contributed by atoms with Gasteiger partial charge in [-0.15, -0.1) is 0 Å². The normalized spacial score (nSPS) is 10.3. The number of aromatic hydroxyl groups is 1. The van der Waals surface area contributed by atoms with E-state index in [0.717, 1.165) is 47.8 Å². The molecule has 6 heteroatoms. The minimum atomic E-state index is -0.555. The van der Waals surface area contributed by atoms with Crippen LogP contribution in [-0.2, 0) is 14.3 Å². The number of hydrogen-bond acceptors (Lipinski definition) is 6. The van der Waals surface area contributed by atoms with Gasteiger partial charge in [0.05, 0.1) is 19.8 Å². The third kappa shape index (κ3) is 8.08. The fraction of sp³-hybridized carbons (Fsp3) is 0.310. The number of carbonyl (C=O) groups is 2. The molecule has 182 valence electrons. The number of unbranched alkanes of at least 4 members (excludes halogenated alkanes) is 3. The number of phenolic OH excluding ortho intramolecular Hbond substituents is 1. The molecule has 0 aliphatic carbocycles. The molecular weight excluding hydrogens is 444 g/mol. The van der Waals surface area contributed by atoms with Gasteiger partial charge in [0.2, 0.25) is 0 Å². The second kappa shape index (κ2) is 13.7. The highest BCUT2D eigenvalue weighted by Gasteiger charge is 2.12. The Labute approximate surface area is 205 Å². The van der Waals surface area contributed by atoms with Gasteiger partial charge in [-0.05, 0) is 85.3 Å². The van der Waals surface area contributed by atoms with Crippen molar-refractivity contribution in [1.29, 1.82) is 0 Å². The van der Waals surface area contributed by atoms with Gasteiger partial charge in [-0.2, -0.15) is 0 Å². The summed E-state index contributed by atoms with van der Waals surface area (Å²) in [6.07, 6.45) is 4.57. The number of benzene rings is 3. The Hall–Kier alpha value is -3.98. The summed E-state index contributed by atoms with van der Waals surface area (Å²) in [5.41, 5.74) is 1.57. The van der Waals surface area contributed by atoms with E-state index in [4.69, 9.17) is 9.47 Å². The Kier molecular flexibility index (Phi) is 10.0. The molecule has 1 N–H and O–H groups in total. The zero-order valence-electron chi connectivity index (χ0n) is 19.9. The summed E-state index contributed by atoms with van der Waals surface area (Å²) in [4.78, 5) is 22.2.